The Morgan fingerprint density at radius 1 is 1.35 bits per heavy atom. The number of nitrogens with one attached hydrogen (secondary N) is 2. The van der Waals surface area contributed by atoms with Crippen molar-refractivity contribution >= 4 is 17.5 Å². The van der Waals surface area contributed by atoms with E-state index in [1.54, 1.807) is 13.0 Å². The topological polar surface area (TPSA) is 50.4 Å². The van der Waals surface area contributed by atoms with Crippen LogP contribution in [0.3, 0.4) is 0 Å². The number of hydrogen-bond acceptors (Lipinski definition) is 3. The Morgan fingerprint density at radius 3 is 2.65 bits per heavy atom. The van der Waals surface area contributed by atoms with Gasteiger partial charge in [0.05, 0.1) is 5.02 Å². The van der Waals surface area contributed by atoms with Gasteiger partial charge in [0.25, 0.3) is 5.91 Å². The van der Waals surface area contributed by atoms with Crippen LogP contribution in [0.25, 0.3) is 0 Å². The monoisotopic (exact) mass is 298 g/mol. The SMILES string of the molecule is CNCc1cccc(Cl)c1OC(C)C(=O)NCC(C)C. The van der Waals surface area contributed by atoms with E-state index in [1.807, 2.05) is 33.0 Å². The molecule has 1 unspecified atom stereocenters. The van der Waals surface area contributed by atoms with Gasteiger partial charge in [0.2, 0.25) is 0 Å². The molecule has 0 aliphatic carbocycles. The maximum Gasteiger partial charge on any atom is 0.260 e. The van der Waals surface area contributed by atoms with Crippen LogP contribution in [0.5, 0.6) is 5.75 Å². The average molecular weight is 299 g/mol. The normalized spacial score (nSPS) is 12.3. The zero-order valence-corrected chi connectivity index (χ0v) is 13.3. The molecule has 20 heavy (non-hydrogen) atoms. The van der Waals surface area contributed by atoms with Crippen LogP contribution in [0.1, 0.15) is 26.3 Å². The lowest BCUT2D eigenvalue weighted by Gasteiger charge is -2.19. The minimum absolute atomic E-state index is 0.131. The quantitative estimate of drug-likeness (QED) is 0.813. The summed E-state index contributed by atoms with van der Waals surface area (Å²) in [5.74, 6) is 0.844. The number of amides is 1. The summed E-state index contributed by atoms with van der Waals surface area (Å²) in [5.41, 5.74) is 0.934. The molecule has 0 saturated heterocycles. The van der Waals surface area contributed by atoms with Crippen LogP contribution in [0.2, 0.25) is 5.02 Å². The van der Waals surface area contributed by atoms with Gasteiger partial charge in [-0.1, -0.05) is 37.6 Å². The summed E-state index contributed by atoms with van der Waals surface area (Å²) in [5, 5.41) is 6.42. The van der Waals surface area contributed by atoms with E-state index in [0.29, 0.717) is 29.8 Å². The van der Waals surface area contributed by atoms with Gasteiger partial charge < -0.3 is 15.4 Å². The highest BCUT2D eigenvalue weighted by Gasteiger charge is 2.18. The molecule has 1 atom stereocenters. The molecule has 1 amide bonds. The summed E-state index contributed by atoms with van der Waals surface area (Å²) in [6, 6.07) is 5.55. The molecule has 0 aliphatic heterocycles. The van der Waals surface area contributed by atoms with Gasteiger partial charge in [-0.15, -0.1) is 0 Å². The highest BCUT2D eigenvalue weighted by atomic mass is 35.5. The largest absolute Gasteiger partial charge is 0.479 e. The number of rotatable bonds is 7. The number of carbonyl (C=O) groups excluding carboxylic acids is 1. The Morgan fingerprint density at radius 2 is 2.05 bits per heavy atom. The standard InChI is InChI=1S/C15H23ClN2O2/c1-10(2)8-18-15(19)11(3)20-14-12(9-17-4)6-5-7-13(14)16/h5-7,10-11,17H,8-9H2,1-4H3,(H,18,19). The minimum Gasteiger partial charge on any atom is -0.479 e. The first kappa shape index (κ1) is 16.8. The van der Waals surface area contributed by atoms with Crippen molar-refractivity contribution in [3.05, 3.63) is 28.8 Å². The molecule has 0 heterocycles. The van der Waals surface area contributed by atoms with Gasteiger partial charge in [-0.3, -0.25) is 4.79 Å². The fourth-order valence-corrected chi connectivity index (χ4v) is 1.93. The molecule has 0 bridgehead atoms. The second-order valence-electron chi connectivity index (χ2n) is 5.16. The van der Waals surface area contributed by atoms with Crippen LogP contribution in [-0.4, -0.2) is 25.6 Å². The first-order valence-corrected chi connectivity index (χ1v) is 7.19. The second-order valence-corrected chi connectivity index (χ2v) is 5.56. The van der Waals surface area contributed by atoms with Crippen molar-refractivity contribution in [1.29, 1.82) is 0 Å². The van der Waals surface area contributed by atoms with Crippen molar-refractivity contribution < 1.29 is 9.53 Å². The third kappa shape index (κ3) is 5.02. The van der Waals surface area contributed by atoms with E-state index in [2.05, 4.69) is 10.6 Å². The van der Waals surface area contributed by atoms with Crippen molar-refractivity contribution in [2.24, 2.45) is 5.92 Å². The van der Waals surface area contributed by atoms with Crippen LogP contribution < -0.4 is 15.4 Å². The number of para-hydroxylation sites is 1. The third-order valence-corrected chi connectivity index (χ3v) is 3.06. The van der Waals surface area contributed by atoms with Crippen LogP contribution in [0.15, 0.2) is 18.2 Å². The van der Waals surface area contributed by atoms with Crippen LogP contribution in [-0.2, 0) is 11.3 Å². The van der Waals surface area contributed by atoms with Gasteiger partial charge in [-0.05, 0) is 26.0 Å². The van der Waals surface area contributed by atoms with Gasteiger partial charge in [-0.2, -0.15) is 0 Å². The molecular weight excluding hydrogens is 276 g/mol. The first-order valence-electron chi connectivity index (χ1n) is 6.82. The Labute approximate surface area is 125 Å². The van der Waals surface area contributed by atoms with E-state index in [4.69, 9.17) is 16.3 Å². The molecule has 0 fully saturated rings. The van der Waals surface area contributed by atoms with Crippen molar-refractivity contribution in [2.75, 3.05) is 13.6 Å². The lowest BCUT2D eigenvalue weighted by Crippen LogP contribution is -2.38. The van der Waals surface area contributed by atoms with Crippen LogP contribution in [0, 0.1) is 5.92 Å². The summed E-state index contributed by atoms with van der Waals surface area (Å²) in [4.78, 5) is 11.9. The summed E-state index contributed by atoms with van der Waals surface area (Å²) in [6.07, 6.45) is -0.579. The summed E-state index contributed by atoms with van der Waals surface area (Å²) < 4.78 is 5.74. The Bertz CT molecular complexity index is 449. The first-order chi connectivity index (χ1) is 9.45. The van der Waals surface area contributed by atoms with Crippen molar-refractivity contribution in [1.82, 2.24) is 10.6 Å². The summed E-state index contributed by atoms with van der Waals surface area (Å²) in [6.45, 7) is 7.09. The Kier molecular flexibility index (Phi) is 6.82. The lowest BCUT2D eigenvalue weighted by atomic mass is 10.2. The van der Waals surface area contributed by atoms with Crippen molar-refractivity contribution in [3.8, 4) is 5.75 Å². The maximum atomic E-state index is 11.9. The van der Waals surface area contributed by atoms with E-state index in [9.17, 15) is 4.79 Å². The van der Waals surface area contributed by atoms with Crippen LogP contribution >= 0.6 is 11.6 Å². The molecule has 1 aromatic rings. The number of benzene rings is 1. The predicted molar refractivity (Wildman–Crippen MR) is 82.2 cm³/mol. The second kappa shape index (κ2) is 8.12. The van der Waals surface area contributed by atoms with Gasteiger partial charge in [0.15, 0.2) is 6.10 Å². The highest BCUT2D eigenvalue weighted by molar-refractivity contribution is 6.32. The highest BCUT2D eigenvalue weighted by Crippen LogP contribution is 2.29. The summed E-state index contributed by atoms with van der Waals surface area (Å²) >= 11 is 6.16. The van der Waals surface area contributed by atoms with Gasteiger partial charge in [0, 0.05) is 18.7 Å². The average Bonchev–Trinajstić information content (AvgIpc) is 2.40. The number of ether oxygens (including phenoxy) is 1. The molecule has 4 nitrogen and oxygen atoms in total. The zero-order chi connectivity index (χ0) is 15.1. The van der Waals surface area contributed by atoms with E-state index >= 15 is 0 Å². The van der Waals surface area contributed by atoms with E-state index in [1.165, 1.54) is 0 Å². The van der Waals surface area contributed by atoms with Gasteiger partial charge >= 0.3 is 0 Å². The third-order valence-electron chi connectivity index (χ3n) is 2.76. The molecule has 0 aliphatic rings. The molecular formula is C15H23ClN2O2. The molecule has 1 aromatic carbocycles. The summed E-state index contributed by atoms with van der Waals surface area (Å²) in [7, 11) is 1.85. The number of hydrogen-bond donors (Lipinski definition) is 2. The van der Waals surface area contributed by atoms with Gasteiger partial charge in [-0.25, -0.2) is 0 Å². The lowest BCUT2D eigenvalue weighted by molar-refractivity contribution is -0.127. The smallest absolute Gasteiger partial charge is 0.260 e. The van der Waals surface area contributed by atoms with E-state index < -0.39 is 6.10 Å². The zero-order valence-electron chi connectivity index (χ0n) is 12.5. The maximum absolute atomic E-state index is 11.9. The fourth-order valence-electron chi connectivity index (χ4n) is 1.69. The van der Waals surface area contributed by atoms with Crippen molar-refractivity contribution in [2.45, 2.75) is 33.4 Å². The molecule has 2 N–H and O–H groups in total. The number of carbonyl (C=O) groups is 1. The Hall–Kier alpha value is -1.26. The molecule has 0 aromatic heterocycles. The molecule has 0 radical (unpaired) electrons. The molecule has 112 valence electrons. The molecule has 1 rings (SSSR count). The molecule has 0 saturated carbocycles. The predicted octanol–water partition coefficient (Wildman–Crippen LogP) is 2.60. The van der Waals surface area contributed by atoms with Crippen molar-refractivity contribution in [3.63, 3.8) is 0 Å². The van der Waals surface area contributed by atoms with E-state index in [0.717, 1.165) is 5.56 Å². The van der Waals surface area contributed by atoms with E-state index in [-0.39, 0.29) is 5.91 Å². The minimum atomic E-state index is -0.579. The van der Waals surface area contributed by atoms with Gasteiger partial charge in [0.1, 0.15) is 5.75 Å². The molecule has 0 spiro atoms. The Balaban J connectivity index is 2.74. The fraction of sp³-hybridized carbons (Fsp3) is 0.533. The number of halogens is 1. The van der Waals surface area contributed by atoms with Crippen LogP contribution in [0.4, 0.5) is 0 Å². The molecule has 5 heteroatoms.